The van der Waals surface area contributed by atoms with Crippen molar-refractivity contribution >= 4 is 11.9 Å². The van der Waals surface area contributed by atoms with Gasteiger partial charge in [0.1, 0.15) is 0 Å². The molecular formula is C23H31N5O2. The van der Waals surface area contributed by atoms with Crippen molar-refractivity contribution < 1.29 is 9.90 Å². The number of rotatable bonds is 6. The number of β-amino-alcohol motifs (C(OH)–C–C–N with tert-alkyl or cyclic N) is 1. The number of hydrogen-bond acceptors (Lipinski definition) is 6. The summed E-state index contributed by atoms with van der Waals surface area (Å²) in [6.07, 6.45) is 6.68. The molecule has 1 amide bonds. The van der Waals surface area contributed by atoms with Crippen molar-refractivity contribution in [3.05, 3.63) is 54.4 Å². The van der Waals surface area contributed by atoms with Crippen molar-refractivity contribution in [3.8, 4) is 0 Å². The van der Waals surface area contributed by atoms with Gasteiger partial charge in [-0.3, -0.25) is 9.69 Å². The van der Waals surface area contributed by atoms with Gasteiger partial charge in [0.25, 0.3) is 5.91 Å². The zero-order chi connectivity index (χ0) is 20.8. The van der Waals surface area contributed by atoms with Crippen LogP contribution >= 0.6 is 0 Å². The molecule has 0 spiro atoms. The van der Waals surface area contributed by atoms with E-state index in [2.05, 4.69) is 31.9 Å². The van der Waals surface area contributed by atoms with Gasteiger partial charge in [-0.05, 0) is 37.3 Å². The third kappa shape index (κ3) is 4.96. The first-order valence-corrected chi connectivity index (χ1v) is 10.9. The maximum atomic E-state index is 13.1. The zero-order valence-electron chi connectivity index (χ0n) is 17.5. The van der Waals surface area contributed by atoms with Crippen LogP contribution in [0.4, 0.5) is 5.95 Å². The number of piperidine rings is 1. The standard InChI is InChI=1S/C23H31N5O2/c29-21-23(30,10-4-14-27(21)16-9-20-7-2-1-3-8-20)19-26-13-6-15-28(18-17-26)22-24-11-5-12-25-22/h1-3,5,7-8,11-12,30H,4,6,9-10,13-19H2/t23-/m0/s1. The first kappa shape index (κ1) is 20.8. The molecule has 0 aliphatic carbocycles. The van der Waals surface area contributed by atoms with Crippen LogP contribution in [-0.2, 0) is 11.2 Å². The number of aliphatic hydroxyl groups is 1. The lowest BCUT2D eigenvalue weighted by Crippen LogP contribution is -2.59. The SMILES string of the molecule is O=C1N(CCc2ccccc2)CCC[C@]1(O)CN1CCCN(c2ncccn2)CC1. The van der Waals surface area contributed by atoms with Crippen LogP contribution in [0.1, 0.15) is 24.8 Å². The number of hydrogen-bond donors (Lipinski definition) is 1. The molecule has 1 aromatic carbocycles. The van der Waals surface area contributed by atoms with Crippen LogP contribution in [0.5, 0.6) is 0 Å². The molecule has 0 bridgehead atoms. The lowest BCUT2D eigenvalue weighted by atomic mass is 9.90. The lowest BCUT2D eigenvalue weighted by molar-refractivity contribution is -0.159. The van der Waals surface area contributed by atoms with Crippen molar-refractivity contribution in [2.24, 2.45) is 0 Å². The molecule has 0 saturated carbocycles. The molecule has 2 saturated heterocycles. The van der Waals surface area contributed by atoms with Gasteiger partial charge < -0.3 is 14.9 Å². The second-order valence-corrected chi connectivity index (χ2v) is 8.33. The van der Waals surface area contributed by atoms with Gasteiger partial charge in [0.15, 0.2) is 5.60 Å². The normalized spacial score (nSPS) is 23.4. The van der Waals surface area contributed by atoms with E-state index in [4.69, 9.17) is 0 Å². The van der Waals surface area contributed by atoms with Gasteiger partial charge in [0.2, 0.25) is 5.95 Å². The Morgan fingerprint density at radius 2 is 1.73 bits per heavy atom. The molecule has 1 atom stereocenters. The van der Waals surface area contributed by atoms with E-state index in [1.54, 1.807) is 12.4 Å². The predicted molar refractivity (Wildman–Crippen MR) is 116 cm³/mol. The number of anilines is 1. The third-order valence-corrected chi connectivity index (χ3v) is 6.13. The number of aromatic nitrogens is 2. The predicted octanol–water partition coefficient (Wildman–Crippen LogP) is 1.58. The molecule has 2 aromatic rings. The first-order valence-electron chi connectivity index (χ1n) is 10.9. The van der Waals surface area contributed by atoms with Gasteiger partial charge in [0.05, 0.1) is 0 Å². The van der Waals surface area contributed by atoms with Crippen molar-refractivity contribution in [1.82, 2.24) is 19.8 Å². The van der Waals surface area contributed by atoms with Crippen molar-refractivity contribution in [2.75, 3.05) is 50.7 Å². The smallest absolute Gasteiger partial charge is 0.255 e. The second kappa shape index (κ2) is 9.53. The number of likely N-dealkylation sites (tertiary alicyclic amines) is 1. The fourth-order valence-corrected chi connectivity index (χ4v) is 4.49. The summed E-state index contributed by atoms with van der Waals surface area (Å²) in [5.74, 6) is 0.635. The minimum Gasteiger partial charge on any atom is -0.379 e. The Balaban J connectivity index is 1.34. The van der Waals surface area contributed by atoms with E-state index in [1.165, 1.54) is 5.56 Å². The Morgan fingerprint density at radius 3 is 2.53 bits per heavy atom. The number of amides is 1. The average molecular weight is 410 g/mol. The van der Waals surface area contributed by atoms with Gasteiger partial charge >= 0.3 is 0 Å². The Kier molecular flexibility index (Phi) is 6.59. The van der Waals surface area contributed by atoms with Crippen molar-refractivity contribution in [2.45, 2.75) is 31.3 Å². The summed E-state index contributed by atoms with van der Waals surface area (Å²) in [5, 5.41) is 11.3. The Morgan fingerprint density at radius 1 is 0.933 bits per heavy atom. The van der Waals surface area contributed by atoms with Crippen molar-refractivity contribution in [1.29, 1.82) is 0 Å². The van der Waals surface area contributed by atoms with E-state index in [0.717, 1.165) is 57.9 Å². The van der Waals surface area contributed by atoms with Crippen LogP contribution in [0, 0.1) is 0 Å². The number of benzene rings is 1. The molecule has 30 heavy (non-hydrogen) atoms. The molecule has 2 fully saturated rings. The van der Waals surface area contributed by atoms with Crippen molar-refractivity contribution in [3.63, 3.8) is 0 Å². The molecule has 7 nitrogen and oxygen atoms in total. The summed E-state index contributed by atoms with van der Waals surface area (Å²) in [4.78, 5) is 28.1. The largest absolute Gasteiger partial charge is 0.379 e. The Hall–Kier alpha value is -2.51. The van der Waals surface area contributed by atoms with E-state index in [9.17, 15) is 9.90 Å². The Bertz CT molecular complexity index is 819. The minimum atomic E-state index is -1.28. The number of carbonyl (C=O) groups excluding carboxylic acids is 1. The van der Waals surface area contributed by atoms with Gasteiger partial charge in [-0.25, -0.2) is 9.97 Å². The van der Waals surface area contributed by atoms with Crippen LogP contribution in [0.3, 0.4) is 0 Å². The molecule has 1 aromatic heterocycles. The molecule has 2 aliphatic rings. The molecule has 0 unspecified atom stereocenters. The van der Waals surface area contributed by atoms with Crippen LogP contribution in [0.15, 0.2) is 48.8 Å². The minimum absolute atomic E-state index is 0.114. The summed E-state index contributed by atoms with van der Waals surface area (Å²) < 4.78 is 0. The highest BCUT2D eigenvalue weighted by Crippen LogP contribution is 2.25. The summed E-state index contributed by atoms with van der Waals surface area (Å²) >= 11 is 0. The summed E-state index contributed by atoms with van der Waals surface area (Å²) in [7, 11) is 0. The molecule has 7 heteroatoms. The summed E-state index contributed by atoms with van der Waals surface area (Å²) in [6, 6.07) is 12.0. The molecule has 160 valence electrons. The maximum absolute atomic E-state index is 13.1. The highest BCUT2D eigenvalue weighted by molar-refractivity contribution is 5.86. The molecule has 4 rings (SSSR count). The number of nitrogens with zero attached hydrogens (tertiary/aromatic N) is 5. The monoisotopic (exact) mass is 409 g/mol. The second-order valence-electron chi connectivity index (χ2n) is 8.33. The van der Waals surface area contributed by atoms with Crippen LogP contribution < -0.4 is 4.90 Å². The summed E-state index contributed by atoms with van der Waals surface area (Å²) in [5.41, 5.74) is -0.0666. The van der Waals surface area contributed by atoms with E-state index >= 15 is 0 Å². The molecule has 3 heterocycles. The van der Waals surface area contributed by atoms with E-state index < -0.39 is 5.60 Å². The fraction of sp³-hybridized carbons (Fsp3) is 0.522. The molecule has 0 radical (unpaired) electrons. The number of carbonyl (C=O) groups is 1. The van der Waals surface area contributed by atoms with Gasteiger partial charge in [-0.15, -0.1) is 0 Å². The highest BCUT2D eigenvalue weighted by atomic mass is 16.3. The van der Waals surface area contributed by atoms with E-state index in [0.29, 0.717) is 19.5 Å². The fourth-order valence-electron chi connectivity index (χ4n) is 4.49. The molecule has 1 N–H and O–H groups in total. The lowest BCUT2D eigenvalue weighted by Gasteiger charge is -2.40. The average Bonchev–Trinajstić information content (AvgIpc) is 3.02. The van der Waals surface area contributed by atoms with Gasteiger partial charge in [-0.2, -0.15) is 0 Å². The van der Waals surface area contributed by atoms with Crippen LogP contribution in [0.25, 0.3) is 0 Å². The molecular weight excluding hydrogens is 378 g/mol. The summed E-state index contributed by atoms with van der Waals surface area (Å²) in [6.45, 7) is 5.12. The van der Waals surface area contributed by atoms with E-state index in [-0.39, 0.29) is 5.91 Å². The first-order chi connectivity index (χ1) is 14.6. The van der Waals surface area contributed by atoms with Gasteiger partial charge in [-0.1, -0.05) is 30.3 Å². The third-order valence-electron chi connectivity index (χ3n) is 6.13. The Labute approximate surface area is 178 Å². The van der Waals surface area contributed by atoms with Crippen LogP contribution in [0.2, 0.25) is 0 Å². The van der Waals surface area contributed by atoms with E-state index in [1.807, 2.05) is 29.2 Å². The highest BCUT2D eigenvalue weighted by Gasteiger charge is 2.43. The van der Waals surface area contributed by atoms with Gasteiger partial charge in [0, 0.05) is 58.2 Å². The quantitative estimate of drug-likeness (QED) is 0.781. The topological polar surface area (TPSA) is 72.8 Å². The zero-order valence-corrected chi connectivity index (χ0v) is 17.5. The van der Waals surface area contributed by atoms with Crippen LogP contribution in [-0.4, -0.2) is 82.2 Å². The maximum Gasteiger partial charge on any atom is 0.255 e. The molecule has 2 aliphatic heterocycles.